The molecule has 0 saturated carbocycles. The van der Waals surface area contributed by atoms with E-state index < -0.39 is 0 Å². The van der Waals surface area contributed by atoms with Gasteiger partial charge in [0.15, 0.2) is 0 Å². The molecule has 1 aromatic carbocycles. The summed E-state index contributed by atoms with van der Waals surface area (Å²) >= 11 is 0. The van der Waals surface area contributed by atoms with Crippen molar-refractivity contribution in [2.75, 3.05) is 19.0 Å². The Kier molecular flexibility index (Phi) is 7.13. The molecule has 0 aliphatic heterocycles. The number of allylic oxidation sites excluding steroid dienone is 1. The molecule has 0 atom stereocenters. The second-order valence-electron chi connectivity index (χ2n) is 5.37. The van der Waals surface area contributed by atoms with Crippen molar-refractivity contribution in [2.24, 2.45) is 10.7 Å². The Morgan fingerprint density at radius 3 is 2.50 bits per heavy atom. The van der Waals surface area contributed by atoms with Gasteiger partial charge in [0.25, 0.3) is 0 Å². The predicted octanol–water partition coefficient (Wildman–Crippen LogP) is 3.19. The third-order valence-corrected chi connectivity index (χ3v) is 3.01. The molecule has 4 heteroatoms. The Bertz CT molecular complexity index is 576. The predicted molar refractivity (Wildman–Crippen MR) is 96.9 cm³/mol. The van der Waals surface area contributed by atoms with Gasteiger partial charge < -0.3 is 16.0 Å². The smallest absolute Gasteiger partial charge is 0.130 e. The van der Waals surface area contributed by atoms with Crippen LogP contribution >= 0.6 is 0 Å². The molecule has 0 radical (unpaired) electrons. The van der Waals surface area contributed by atoms with Crippen LogP contribution in [-0.2, 0) is 6.54 Å². The van der Waals surface area contributed by atoms with E-state index in [0.717, 1.165) is 17.8 Å². The molecule has 0 unspecified atom stereocenters. The number of hydrogen-bond donors (Lipinski definition) is 2. The number of amidine groups is 1. The lowest BCUT2D eigenvalue weighted by Gasteiger charge is -2.15. The van der Waals surface area contributed by atoms with Crippen molar-refractivity contribution in [3.8, 4) is 0 Å². The Morgan fingerprint density at radius 2 is 1.95 bits per heavy atom. The zero-order valence-electron chi connectivity index (χ0n) is 13.9. The summed E-state index contributed by atoms with van der Waals surface area (Å²) in [7, 11) is 3.93. The van der Waals surface area contributed by atoms with Gasteiger partial charge >= 0.3 is 0 Å². The monoisotopic (exact) mass is 298 g/mol. The topological polar surface area (TPSA) is 53.6 Å². The van der Waals surface area contributed by atoms with Crippen LogP contribution in [0.5, 0.6) is 0 Å². The highest BCUT2D eigenvalue weighted by atomic mass is 15.1. The third kappa shape index (κ3) is 5.97. The minimum atomic E-state index is 0.426. The van der Waals surface area contributed by atoms with Gasteiger partial charge in [-0.05, 0) is 44.7 Å². The highest BCUT2D eigenvalue weighted by Gasteiger charge is 1.99. The van der Waals surface area contributed by atoms with Crippen molar-refractivity contribution in [3.63, 3.8) is 0 Å². The van der Waals surface area contributed by atoms with Crippen LogP contribution in [0.15, 0.2) is 65.5 Å². The first-order chi connectivity index (χ1) is 10.4. The maximum atomic E-state index is 5.87. The van der Waals surface area contributed by atoms with E-state index in [4.69, 9.17) is 5.73 Å². The third-order valence-electron chi connectivity index (χ3n) is 3.01. The lowest BCUT2D eigenvalue weighted by Crippen LogP contribution is -2.14. The Hall–Kier alpha value is -2.33. The van der Waals surface area contributed by atoms with Gasteiger partial charge in [-0.3, -0.25) is 0 Å². The van der Waals surface area contributed by atoms with Gasteiger partial charge in [0.05, 0.1) is 0 Å². The Morgan fingerprint density at radius 1 is 1.32 bits per heavy atom. The molecule has 1 aromatic rings. The molecular formula is C18H26N4. The minimum Gasteiger partial charge on any atom is -0.383 e. The largest absolute Gasteiger partial charge is 0.383 e. The molecule has 1 rings (SSSR count). The fourth-order valence-electron chi connectivity index (χ4n) is 1.71. The van der Waals surface area contributed by atoms with E-state index in [1.54, 1.807) is 6.20 Å². The molecule has 118 valence electrons. The Labute approximate surface area is 133 Å². The average molecular weight is 298 g/mol. The summed E-state index contributed by atoms with van der Waals surface area (Å²) in [6.07, 6.45) is 5.53. The van der Waals surface area contributed by atoms with Crippen LogP contribution < -0.4 is 16.0 Å². The number of aliphatic imine (C=N–C) groups is 1. The zero-order valence-corrected chi connectivity index (χ0v) is 13.9. The molecule has 4 nitrogen and oxygen atoms in total. The summed E-state index contributed by atoms with van der Waals surface area (Å²) in [6, 6.07) is 8.38. The number of anilines is 1. The van der Waals surface area contributed by atoms with Crippen molar-refractivity contribution < 1.29 is 0 Å². The van der Waals surface area contributed by atoms with Crippen LogP contribution in [0.3, 0.4) is 0 Å². The molecule has 0 aliphatic rings. The fourth-order valence-corrected chi connectivity index (χ4v) is 1.71. The van der Waals surface area contributed by atoms with Crippen LogP contribution in [0.2, 0.25) is 0 Å². The van der Waals surface area contributed by atoms with Crippen molar-refractivity contribution in [1.82, 2.24) is 5.32 Å². The standard InChI is InChI=1S/C18H26N4/c1-14(2)12-21-18(19)15(3)10-11-22(5)17-8-6-16(7-9-17)13-20-4/h6-12,20H,3,13H2,1-2,4-5H3,(H2,19,21)/b11-10-. The first-order valence-electron chi connectivity index (χ1n) is 7.24. The molecule has 0 saturated heterocycles. The van der Waals surface area contributed by atoms with Crippen LogP contribution in [0.25, 0.3) is 0 Å². The summed E-state index contributed by atoms with van der Waals surface area (Å²) < 4.78 is 0. The second kappa shape index (κ2) is 8.85. The molecule has 22 heavy (non-hydrogen) atoms. The number of rotatable bonds is 7. The number of nitrogens with one attached hydrogen (secondary N) is 1. The van der Waals surface area contributed by atoms with E-state index in [-0.39, 0.29) is 0 Å². The van der Waals surface area contributed by atoms with Gasteiger partial charge in [0.1, 0.15) is 5.84 Å². The van der Waals surface area contributed by atoms with Gasteiger partial charge in [-0.25, -0.2) is 4.99 Å². The number of benzene rings is 1. The molecule has 0 spiro atoms. The maximum absolute atomic E-state index is 5.87. The average Bonchev–Trinajstić information content (AvgIpc) is 2.50. The lowest BCUT2D eigenvalue weighted by molar-refractivity contribution is 0.818. The van der Waals surface area contributed by atoms with Crippen LogP contribution in [0, 0.1) is 0 Å². The summed E-state index contributed by atoms with van der Waals surface area (Å²) in [5.41, 5.74) is 10.0. The molecule has 0 aliphatic carbocycles. The molecule has 0 amide bonds. The maximum Gasteiger partial charge on any atom is 0.130 e. The van der Waals surface area contributed by atoms with E-state index in [1.807, 2.05) is 45.1 Å². The molecule has 0 aromatic heterocycles. The van der Waals surface area contributed by atoms with Gasteiger partial charge in [-0.1, -0.05) is 24.3 Å². The van der Waals surface area contributed by atoms with E-state index in [9.17, 15) is 0 Å². The summed E-state index contributed by atoms with van der Waals surface area (Å²) in [4.78, 5) is 6.18. The summed E-state index contributed by atoms with van der Waals surface area (Å²) in [6.45, 7) is 8.75. The lowest BCUT2D eigenvalue weighted by atomic mass is 10.2. The molecule has 0 heterocycles. The number of nitrogens with two attached hydrogens (primary N) is 1. The normalized spacial score (nSPS) is 11.5. The quantitative estimate of drug-likeness (QED) is 0.462. The number of nitrogens with zero attached hydrogens (tertiary/aromatic N) is 2. The van der Waals surface area contributed by atoms with E-state index in [1.165, 1.54) is 5.56 Å². The summed E-state index contributed by atoms with van der Waals surface area (Å²) in [5.74, 6) is 0.426. The molecular weight excluding hydrogens is 272 g/mol. The first kappa shape index (κ1) is 17.7. The van der Waals surface area contributed by atoms with E-state index in [2.05, 4.69) is 41.2 Å². The van der Waals surface area contributed by atoms with Gasteiger partial charge in [-0.15, -0.1) is 0 Å². The SMILES string of the molecule is C=C(/C=C\N(C)c1ccc(CNC)cc1)C(N)=NC=C(C)C. The van der Waals surface area contributed by atoms with E-state index >= 15 is 0 Å². The molecule has 0 bridgehead atoms. The van der Waals surface area contributed by atoms with Crippen molar-refractivity contribution in [1.29, 1.82) is 0 Å². The first-order valence-corrected chi connectivity index (χ1v) is 7.24. The van der Waals surface area contributed by atoms with Gasteiger partial charge in [0.2, 0.25) is 0 Å². The van der Waals surface area contributed by atoms with Crippen molar-refractivity contribution in [3.05, 3.63) is 66.0 Å². The van der Waals surface area contributed by atoms with Crippen LogP contribution in [0.4, 0.5) is 5.69 Å². The summed E-state index contributed by atoms with van der Waals surface area (Å²) in [5, 5.41) is 3.13. The van der Waals surface area contributed by atoms with Crippen LogP contribution in [-0.4, -0.2) is 19.9 Å². The van der Waals surface area contributed by atoms with Gasteiger partial charge in [0, 0.05) is 37.3 Å². The van der Waals surface area contributed by atoms with Crippen LogP contribution in [0.1, 0.15) is 19.4 Å². The minimum absolute atomic E-state index is 0.426. The van der Waals surface area contributed by atoms with Crippen molar-refractivity contribution in [2.45, 2.75) is 20.4 Å². The van der Waals surface area contributed by atoms with E-state index in [0.29, 0.717) is 11.4 Å². The number of hydrogen-bond acceptors (Lipinski definition) is 3. The highest BCUT2D eigenvalue weighted by Crippen LogP contribution is 2.14. The van der Waals surface area contributed by atoms with Gasteiger partial charge in [-0.2, -0.15) is 0 Å². The highest BCUT2D eigenvalue weighted by molar-refractivity contribution is 5.99. The fraction of sp³-hybridized carbons (Fsp3) is 0.278. The molecule has 0 fully saturated rings. The second-order valence-corrected chi connectivity index (χ2v) is 5.37. The van der Waals surface area contributed by atoms with Crippen molar-refractivity contribution >= 4 is 11.5 Å². The molecule has 3 N–H and O–H groups in total. The zero-order chi connectivity index (χ0) is 16.5. The Balaban J connectivity index is 2.70.